The number of pyridine rings is 1. The number of nitrogens with zero attached hydrogens (tertiary/aromatic N) is 2. The van der Waals surface area contributed by atoms with E-state index in [0.717, 1.165) is 0 Å². The van der Waals surface area contributed by atoms with Gasteiger partial charge in [0, 0.05) is 11.8 Å². The zero-order valence-corrected chi connectivity index (χ0v) is 11.6. The molecule has 0 bridgehead atoms. The number of esters is 1. The van der Waals surface area contributed by atoms with E-state index in [2.05, 4.69) is 11.1 Å². The van der Waals surface area contributed by atoms with Gasteiger partial charge in [-0.25, -0.2) is 9.78 Å². The van der Waals surface area contributed by atoms with Crippen molar-refractivity contribution in [3.05, 3.63) is 59.3 Å². The molecule has 2 rings (SSSR count). The highest BCUT2D eigenvalue weighted by atomic mass is 16.5. The Hall–Kier alpha value is -2.87. The molecular formula is C16H14N2O3. The average Bonchev–Trinajstić information content (AvgIpc) is 2.53. The highest BCUT2D eigenvalue weighted by molar-refractivity contribution is 5.91. The van der Waals surface area contributed by atoms with Crippen molar-refractivity contribution in [2.45, 2.75) is 13.5 Å². The van der Waals surface area contributed by atoms with Crippen LogP contribution in [0.5, 0.6) is 5.88 Å². The summed E-state index contributed by atoms with van der Waals surface area (Å²) in [5, 5.41) is 8.99. The number of carbonyl (C=O) groups is 1. The van der Waals surface area contributed by atoms with Crippen LogP contribution < -0.4 is 4.74 Å². The van der Waals surface area contributed by atoms with Crippen LogP contribution in [0.25, 0.3) is 0 Å². The maximum Gasteiger partial charge on any atom is 0.343 e. The van der Waals surface area contributed by atoms with Gasteiger partial charge in [0.1, 0.15) is 12.2 Å². The van der Waals surface area contributed by atoms with Gasteiger partial charge in [0.2, 0.25) is 5.88 Å². The Labute approximate surface area is 122 Å². The lowest BCUT2D eigenvalue weighted by molar-refractivity contribution is 0.0467. The molecule has 0 N–H and O–H groups in total. The van der Waals surface area contributed by atoms with Gasteiger partial charge in [0.15, 0.2) is 0 Å². The van der Waals surface area contributed by atoms with Crippen molar-refractivity contribution >= 4 is 5.97 Å². The third-order valence-electron chi connectivity index (χ3n) is 2.77. The Kier molecular flexibility index (Phi) is 4.89. The Bertz CT molecular complexity index is 677. The second-order valence-corrected chi connectivity index (χ2v) is 4.13. The van der Waals surface area contributed by atoms with E-state index < -0.39 is 5.97 Å². The minimum absolute atomic E-state index is 0.0308. The van der Waals surface area contributed by atoms with Crippen molar-refractivity contribution < 1.29 is 14.3 Å². The highest BCUT2D eigenvalue weighted by Crippen LogP contribution is 2.17. The average molecular weight is 282 g/mol. The van der Waals surface area contributed by atoms with Crippen molar-refractivity contribution in [2.24, 2.45) is 0 Å². The van der Waals surface area contributed by atoms with Crippen molar-refractivity contribution in [3.8, 4) is 11.9 Å². The molecule has 106 valence electrons. The van der Waals surface area contributed by atoms with E-state index in [0.29, 0.717) is 17.7 Å². The number of benzene rings is 1. The smallest absolute Gasteiger partial charge is 0.343 e. The normalized spacial score (nSPS) is 9.71. The zero-order valence-electron chi connectivity index (χ0n) is 11.6. The van der Waals surface area contributed by atoms with Gasteiger partial charge in [-0.1, -0.05) is 18.2 Å². The fraction of sp³-hybridized carbons (Fsp3) is 0.188. The molecule has 0 radical (unpaired) electrons. The van der Waals surface area contributed by atoms with E-state index >= 15 is 0 Å². The topological polar surface area (TPSA) is 72.2 Å². The molecule has 0 saturated carbocycles. The summed E-state index contributed by atoms with van der Waals surface area (Å²) >= 11 is 0. The van der Waals surface area contributed by atoms with Gasteiger partial charge in [0.05, 0.1) is 18.2 Å². The molecule has 0 aliphatic carbocycles. The first-order valence-electron chi connectivity index (χ1n) is 6.49. The second-order valence-electron chi connectivity index (χ2n) is 4.13. The standard InChI is InChI=1S/C16H14N2O3/c1-2-20-15-14(8-5-9-18-15)16(19)21-11-13-7-4-3-6-12(13)10-17/h3-9H,2,11H2,1H3. The van der Waals surface area contributed by atoms with Crippen LogP contribution in [-0.4, -0.2) is 17.6 Å². The third-order valence-corrected chi connectivity index (χ3v) is 2.77. The fourth-order valence-electron chi connectivity index (χ4n) is 1.77. The Morgan fingerprint density at radius 2 is 2.10 bits per heavy atom. The van der Waals surface area contributed by atoms with Crippen LogP contribution in [0.1, 0.15) is 28.4 Å². The summed E-state index contributed by atoms with van der Waals surface area (Å²) in [4.78, 5) is 16.1. The van der Waals surface area contributed by atoms with Crippen LogP contribution >= 0.6 is 0 Å². The van der Waals surface area contributed by atoms with Crippen LogP contribution in [-0.2, 0) is 11.3 Å². The minimum Gasteiger partial charge on any atom is -0.477 e. The Balaban J connectivity index is 2.11. The summed E-state index contributed by atoms with van der Waals surface area (Å²) in [6.45, 7) is 2.25. The summed E-state index contributed by atoms with van der Waals surface area (Å²) < 4.78 is 10.5. The van der Waals surface area contributed by atoms with E-state index in [1.165, 1.54) is 0 Å². The SMILES string of the molecule is CCOc1ncccc1C(=O)OCc1ccccc1C#N. The lowest BCUT2D eigenvalue weighted by Gasteiger charge is -2.09. The molecule has 0 spiro atoms. The lowest BCUT2D eigenvalue weighted by Crippen LogP contribution is -2.09. The molecule has 0 aliphatic heterocycles. The van der Waals surface area contributed by atoms with Crippen molar-refractivity contribution in [1.29, 1.82) is 5.26 Å². The summed E-state index contributed by atoms with van der Waals surface area (Å²) in [5.74, 6) is -0.280. The largest absolute Gasteiger partial charge is 0.477 e. The number of aromatic nitrogens is 1. The Morgan fingerprint density at radius 3 is 2.86 bits per heavy atom. The number of carbonyl (C=O) groups excluding carboxylic acids is 1. The molecule has 1 aromatic carbocycles. The van der Waals surface area contributed by atoms with Crippen LogP contribution in [0.4, 0.5) is 0 Å². The van der Waals surface area contributed by atoms with E-state index in [4.69, 9.17) is 14.7 Å². The maximum absolute atomic E-state index is 12.1. The van der Waals surface area contributed by atoms with Crippen molar-refractivity contribution in [2.75, 3.05) is 6.61 Å². The van der Waals surface area contributed by atoms with E-state index in [1.807, 2.05) is 6.92 Å². The molecule has 1 aromatic heterocycles. The number of hydrogen-bond donors (Lipinski definition) is 0. The molecule has 0 unspecified atom stereocenters. The number of hydrogen-bond acceptors (Lipinski definition) is 5. The van der Waals surface area contributed by atoms with Crippen LogP contribution in [0.15, 0.2) is 42.6 Å². The molecule has 5 nitrogen and oxygen atoms in total. The molecule has 0 atom stereocenters. The molecule has 1 heterocycles. The maximum atomic E-state index is 12.1. The van der Waals surface area contributed by atoms with Gasteiger partial charge in [-0.2, -0.15) is 5.26 Å². The van der Waals surface area contributed by atoms with Gasteiger partial charge >= 0.3 is 5.97 Å². The van der Waals surface area contributed by atoms with Gasteiger partial charge in [-0.05, 0) is 25.1 Å². The summed E-state index contributed by atoms with van der Waals surface area (Å²) in [5.41, 5.74) is 1.42. The van der Waals surface area contributed by atoms with Crippen LogP contribution in [0.3, 0.4) is 0 Å². The lowest BCUT2D eigenvalue weighted by atomic mass is 10.1. The second kappa shape index (κ2) is 7.06. The summed E-state index contributed by atoms with van der Waals surface area (Å²) in [6.07, 6.45) is 1.55. The number of rotatable bonds is 5. The molecule has 5 heteroatoms. The molecule has 0 amide bonds. The fourth-order valence-corrected chi connectivity index (χ4v) is 1.77. The first kappa shape index (κ1) is 14.5. The number of ether oxygens (including phenoxy) is 2. The van der Waals surface area contributed by atoms with Crippen LogP contribution in [0.2, 0.25) is 0 Å². The van der Waals surface area contributed by atoms with E-state index in [-0.39, 0.29) is 18.1 Å². The summed E-state index contributed by atoms with van der Waals surface area (Å²) in [6, 6.07) is 12.3. The Morgan fingerprint density at radius 1 is 1.29 bits per heavy atom. The van der Waals surface area contributed by atoms with Crippen molar-refractivity contribution in [3.63, 3.8) is 0 Å². The third kappa shape index (κ3) is 3.57. The highest BCUT2D eigenvalue weighted by Gasteiger charge is 2.15. The quantitative estimate of drug-likeness (QED) is 0.788. The molecule has 21 heavy (non-hydrogen) atoms. The van der Waals surface area contributed by atoms with Gasteiger partial charge in [0.25, 0.3) is 0 Å². The predicted octanol–water partition coefficient (Wildman–Crippen LogP) is 2.71. The predicted molar refractivity (Wildman–Crippen MR) is 75.7 cm³/mol. The van der Waals surface area contributed by atoms with Gasteiger partial charge < -0.3 is 9.47 Å². The first-order chi connectivity index (χ1) is 10.3. The number of nitriles is 1. The molecule has 0 fully saturated rings. The molecule has 2 aromatic rings. The van der Waals surface area contributed by atoms with Gasteiger partial charge in [-0.15, -0.1) is 0 Å². The molecular weight excluding hydrogens is 268 g/mol. The monoisotopic (exact) mass is 282 g/mol. The summed E-state index contributed by atoms with van der Waals surface area (Å²) in [7, 11) is 0. The minimum atomic E-state index is -0.528. The van der Waals surface area contributed by atoms with E-state index in [9.17, 15) is 4.79 Å². The van der Waals surface area contributed by atoms with E-state index in [1.54, 1.807) is 42.6 Å². The molecule has 0 saturated heterocycles. The van der Waals surface area contributed by atoms with Crippen LogP contribution in [0, 0.1) is 11.3 Å². The first-order valence-corrected chi connectivity index (χ1v) is 6.49. The van der Waals surface area contributed by atoms with Crippen molar-refractivity contribution in [1.82, 2.24) is 4.98 Å². The molecule has 0 aliphatic rings. The zero-order chi connectivity index (χ0) is 15.1. The van der Waals surface area contributed by atoms with Gasteiger partial charge in [-0.3, -0.25) is 0 Å².